The van der Waals surface area contributed by atoms with Crippen LogP contribution in [-0.4, -0.2) is 36.1 Å². The molecule has 0 bridgehead atoms. The first-order chi connectivity index (χ1) is 6.09. The fraction of sp³-hybridized carbons (Fsp3) is 0.833. The van der Waals surface area contributed by atoms with Crippen LogP contribution < -0.4 is 0 Å². The number of hydrogen-bond donors (Lipinski definition) is 3. The van der Waals surface area contributed by atoms with Crippen molar-refractivity contribution in [3.63, 3.8) is 0 Å². The molecule has 1 radical (unpaired) electrons. The number of carbonyl (C=O) groups is 1. The van der Waals surface area contributed by atoms with Gasteiger partial charge in [0.15, 0.2) is 0 Å². The standard InChI is InChI=1S/C6H13BO4PS/c1-4(6(9)10)5(8)2-3-11-7-12-13/h4-5,8,12-13H,2-3H2,1H3,(H,9,10)/t4-,5+/m0/s1. The van der Waals surface area contributed by atoms with Gasteiger partial charge in [-0.05, 0) is 13.3 Å². The predicted octanol–water partition coefficient (Wildman–Crippen LogP) is 0.532. The van der Waals surface area contributed by atoms with Gasteiger partial charge in [0.1, 0.15) is 0 Å². The van der Waals surface area contributed by atoms with E-state index in [0.717, 1.165) is 0 Å². The molecule has 4 nitrogen and oxygen atoms in total. The monoisotopic (exact) mass is 223 g/mol. The van der Waals surface area contributed by atoms with Crippen molar-refractivity contribution in [3.8, 4) is 0 Å². The normalized spacial score (nSPS) is 15.9. The summed E-state index contributed by atoms with van der Waals surface area (Å²) >= 11 is 3.91. The molecule has 3 atom stereocenters. The summed E-state index contributed by atoms with van der Waals surface area (Å²) in [4.78, 5) is 10.4. The molecule has 0 rings (SSSR count). The number of aliphatic hydroxyl groups is 1. The van der Waals surface area contributed by atoms with Gasteiger partial charge >= 0.3 is 13.2 Å². The summed E-state index contributed by atoms with van der Waals surface area (Å²) in [7, 11) is 1.83. The summed E-state index contributed by atoms with van der Waals surface area (Å²) in [6.45, 7) is 1.80. The highest BCUT2D eigenvalue weighted by molar-refractivity contribution is 8.46. The Morgan fingerprint density at radius 2 is 2.38 bits per heavy atom. The molecule has 1 unspecified atom stereocenters. The third kappa shape index (κ3) is 6.33. The van der Waals surface area contributed by atoms with Crippen LogP contribution in [0, 0.1) is 5.92 Å². The van der Waals surface area contributed by atoms with Crippen molar-refractivity contribution in [2.24, 2.45) is 5.92 Å². The largest absolute Gasteiger partial charge is 0.481 e. The van der Waals surface area contributed by atoms with Gasteiger partial charge < -0.3 is 14.9 Å². The van der Waals surface area contributed by atoms with Gasteiger partial charge in [-0.3, -0.25) is 4.79 Å². The summed E-state index contributed by atoms with van der Waals surface area (Å²) in [6.07, 6.45) is -0.531. The summed E-state index contributed by atoms with van der Waals surface area (Å²) in [5.41, 5.74) is 0. The summed E-state index contributed by atoms with van der Waals surface area (Å²) in [5.74, 6) is -1.74. The van der Waals surface area contributed by atoms with Crippen molar-refractivity contribution in [3.05, 3.63) is 0 Å². The molecule has 0 fully saturated rings. The summed E-state index contributed by atoms with van der Waals surface area (Å²) < 4.78 is 4.94. The van der Waals surface area contributed by atoms with Crippen LogP contribution in [0.3, 0.4) is 0 Å². The number of aliphatic carboxylic acids is 1. The Hall–Kier alpha value is 0.235. The third-order valence-electron chi connectivity index (χ3n) is 1.63. The van der Waals surface area contributed by atoms with E-state index in [4.69, 9.17) is 9.76 Å². The maximum Gasteiger partial charge on any atom is 0.332 e. The number of thiol groups is 1. The molecule has 2 N–H and O–H groups in total. The molecule has 13 heavy (non-hydrogen) atoms. The van der Waals surface area contributed by atoms with Crippen LogP contribution in [0.25, 0.3) is 0 Å². The molecule has 0 heterocycles. The number of aliphatic hydroxyl groups excluding tert-OH is 1. The lowest BCUT2D eigenvalue weighted by molar-refractivity contribution is -0.145. The van der Waals surface area contributed by atoms with E-state index in [1.165, 1.54) is 14.1 Å². The fourth-order valence-electron chi connectivity index (χ4n) is 0.700. The quantitative estimate of drug-likeness (QED) is 0.255. The molecule has 0 amide bonds. The molecule has 0 aliphatic heterocycles. The van der Waals surface area contributed by atoms with Gasteiger partial charge in [0, 0.05) is 6.61 Å². The van der Waals surface area contributed by atoms with Crippen LogP contribution in [0.1, 0.15) is 13.3 Å². The van der Waals surface area contributed by atoms with Crippen molar-refractivity contribution < 1.29 is 19.7 Å². The van der Waals surface area contributed by atoms with E-state index in [1.807, 2.05) is 0 Å². The molecule has 0 aliphatic rings. The zero-order valence-electron chi connectivity index (χ0n) is 7.30. The zero-order valence-corrected chi connectivity index (χ0v) is 9.20. The Kier molecular flexibility index (Phi) is 7.76. The lowest BCUT2D eigenvalue weighted by Crippen LogP contribution is -2.26. The molecule has 0 aromatic carbocycles. The Balaban J connectivity index is 3.50. The van der Waals surface area contributed by atoms with Crippen LogP contribution in [0.4, 0.5) is 0 Å². The van der Waals surface area contributed by atoms with Crippen molar-refractivity contribution in [1.29, 1.82) is 0 Å². The highest BCUT2D eigenvalue weighted by Gasteiger charge is 2.20. The van der Waals surface area contributed by atoms with Crippen molar-refractivity contribution in [1.82, 2.24) is 0 Å². The first kappa shape index (κ1) is 13.2. The first-order valence-corrected chi connectivity index (χ1v) is 6.20. The van der Waals surface area contributed by atoms with Gasteiger partial charge in [-0.15, -0.1) is 0 Å². The topological polar surface area (TPSA) is 66.8 Å². The van der Waals surface area contributed by atoms with Crippen LogP contribution >= 0.6 is 19.9 Å². The minimum Gasteiger partial charge on any atom is -0.481 e. The van der Waals surface area contributed by atoms with Gasteiger partial charge in [-0.2, -0.15) is 12.2 Å². The van der Waals surface area contributed by atoms with E-state index in [-0.39, 0.29) is 0 Å². The van der Waals surface area contributed by atoms with Gasteiger partial charge in [-0.25, -0.2) is 0 Å². The molecule has 0 aliphatic carbocycles. The molecular weight excluding hydrogens is 210 g/mol. The molecule has 0 saturated carbocycles. The van der Waals surface area contributed by atoms with Crippen LogP contribution in [0.5, 0.6) is 0 Å². The molecule has 0 aromatic rings. The van der Waals surface area contributed by atoms with Gasteiger partial charge in [0.05, 0.1) is 12.0 Å². The number of carboxylic acid groups (broad SMARTS) is 1. The third-order valence-corrected chi connectivity index (χ3v) is 2.22. The van der Waals surface area contributed by atoms with E-state index in [0.29, 0.717) is 20.7 Å². The molecular formula is C6H13BO4PS. The summed E-state index contributed by atoms with van der Waals surface area (Å²) in [6, 6.07) is 0. The molecule has 0 aromatic heterocycles. The Labute approximate surface area is 85.2 Å². The lowest BCUT2D eigenvalue weighted by Gasteiger charge is -2.14. The smallest absolute Gasteiger partial charge is 0.332 e. The average molecular weight is 223 g/mol. The van der Waals surface area contributed by atoms with Gasteiger partial charge in [-0.1, -0.05) is 7.66 Å². The molecule has 75 valence electrons. The van der Waals surface area contributed by atoms with Crippen LogP contribution in [-0.2, 0) is 9.45 Å². The second-order valence-corrected chi connectivity index (χ2v) is 3.87. The molecule has 0 saturated heterocycles. The molecule has 7 heteroatoms. The van der Waals surface area contributed by atoms with Crippen LogP contribution in [0.15, 0.2) is 0 Å². The number of carboxylic acids is 1. The Bertz CT molecular complexity index is 160. The van der Waals surface area contributed by atoms with Crippen molar-refractivity contribution >= 4 is 33.1 Å². The maximum absolute atomic E-state index is 10.4. The van der Waals surface area contributed by atoms with E-state index >= 15 is 0 Å². The lowest BCUT2D eigenvalue weighted by atomic mass is 10.0. The predicted molar refractivity (Wildman–Crippen MR) is 56.4 cm³/mol. The second kappa shape index (κ2) is 7.62. The van der Waals surface area contributed by atoms with Crippen molar-refractivity contribution in [2.45, 2.75) is 19.4 Å². The highest BCUT2D eigenvalue weighted by atomic mass is 32.7. The van der Waals surface area contributed by atoms with E-state index < -0.39 is 18.0 Å². The second-order valence-electron chi connectivity index (χ2n) is 2.60. The fourth-order valence-corrected chi connectivity index (χ4v) is 1.12. The van der Waals surface area contributed by atoms with Crippen LogP contribution in [0.2, 0.25) is 0 Å². The minimum atomic E-state index is -0.993. The number of rotatable bonds is 7. The minimum absolute atomic E-state index is 0.300. The average Bonchev–Trinajstić information content (AvgIpc) is 2.10. The highest BCUT2D eigenvalue weighted by Crippen LogP contribution is 2.12. The maximum atomic E-state index is 10.4. The van der Waals surface area contributed by atoms with Gasteiger partial charge in [0.25, 0.3) is 0 Å². The first-order valence-electron chi connectivity index (χ1n) is 3.83. The Morgan fingerprint density at radius 1 is 1.77 bits per heavy atom. The van der Waals surface area contributed by atoms with E-state index in [1.54, 1.807) is 0 Å². The van der Waals surface area contributed by atoms with Gasteiger partial charge in [0.2, 0.25) is 0 Å². The SMILES string of the molecule is C[C@H](C(=O)O)[C@H](O)CCO[B]PS. The van der Waals surface area contributed by atoms with Crippen molar-refractivity contribution in [2.75, 3.05) is 6.61 Å². The Morgan fingerprint density at radius 3 is 2.85 bits per heavy atom. The number of hydrogen-bond acceptors (Lipinski definition) is 4. The summed E-state index contributed by atoms with van der Waals surface area (Å²) in [5, 5.41) is 17.8. The molecule has 0 spiro atoms. The van der Waals surface area contributed by atoms with E-state index in [9.17, 15) is 9.90 Å². The van der Waals surface area contributed by atoms with E-state index in [2.05, 4.69) is 12.2 Å². The zero-order chi connectivity index (χ0) is 10.3.